The van der Waals surface area contributed by atoms with Crippen molar-refractivity contribution in [2.75, 3.05) is 5.32 Å². The molecular weight excluding hydrogens is 269 g/mol. The Morgan fingerprint density at radius 3 is 2.30 bits per heavy atom. The summed E-state index contributed by atoms with van der Waals surface area (Å²) in [5.41, 5.74) is 5.77. The maximum atomic E-state index is 13.4. The van der Waals surface area contributed by atoms with Gasteiger partial charge >= 0.3 is 0 Å². The second-order valence-electron chi connectivity index (χ2n) is 4.10. The van der Waals surface area contributed by atoms with Crippen LogP contribution in [-0.4, -0.2) is 5.91 Å². The van der Waals surface area contributed by atoms with Crippen molar-refractivity contribution in [3.05, 3.63) is 65.5 Å². The molecule has 3 nitrogen and oxygen atoms in total. The molecule has 0 saturated carbocycles. The molecule has 2 rings (SSSR count). The third-order valence-corrected chi connectivity index (χ3v) is 2.73. The third-order valence-electron chi connectivity index (χ3n) is 2.73. The summed E-state index contributed by atoms with van der Waals surface area (Å²) in [6.45, 7) is 0. The van der Waals surface area contributed by atoms with Crippen LogP contribution in [0.2, 0.25) is 0 Å². The molecule has 104 valence electrons. The maximum absolute atomic E-state index is 13.4. The molecule has 1 atom stereocenters. The minimum Gasteiger partial charge on any atom is -0.322 e. The van der Waals surface area contributed by atoms with Crippen LogP contribution in [0.25, 0.3) is 0 Å². The first kappa shape index (κ1) is 14.1. The quantitative estimate of drug-likeness (QED) is 0.849. The zero-order chi connectivity index (χ0) is 14.7. The van der Waals surface area contributed by atoms with E-state index in [9.17, 15) is 18.0 Å². The van der Waals surface area contributed by atoms with E-state index in [1.165, 1.54) is 0 Å². The van der Waals surface area contributed by atoms with Crippen LogP contribution in [0.5, 0.6) is 0 Å². The van der Waals surface area contributed by atoms with Crippen LogP contribution in [0.1, 0.15) is 11.6 Å². The van der Waals surface area contributed by atoms with Crippen LogP contribution >= 0.6 is 0 Å². The van der Waals surface area contributed by atoms with Gasteiger partial charge in [-0.05, 0) is 17.7 Å². The van der Waals surface area contributed by atoms with E-state index in [0.29, 0.717) is 5.56 Å². The van der Waals surface area contributed by atoms with Gasteiger partial charge in [0.15, 0.2) is 17.5 Å². The molecule has 1 unspecified atom stereocenters. The van der Waals surface area contributed by atoms with Crippen molar-refractivity contribution < 1.29 is 18.0 Å². The van der Waals surface area contributed by atoms with Gasteiger partial charge in [0.2, 0.25) is 5.91 Å². The van der Waals surface area contributed by atoms with E-state index in [2.05, 4.69) is 5.32 Å². The van der Waals surface area contributed by atoms with Crippen molar-refractivity contribution in [3.63, 3.8) is 0 Å². The fraction of sp³-hybridized carbons (Fsp3) is 0.0714. The monoisotopic (exact) mass is 280 g/mol. The number of anilines is 1. The summed E-state index contributed by atoms with van der Waals surface area (Å²) >= 11 is 0. The predicted molar refractivity (Wildman–Crippen MR) is 68.3 cm³/mol. The molecule has 0 heterocycles. The van der Waals surface area contributed by atoms with E-state index >= 15 is 0 Å². The first-order chi connectivity index (χ1) is 9.50. The van der Waals surface area contributed by atoms with Crippen molar-refractivity contribution in [1.82, 2.24) is 0 Å². The summed E-state index contributed by atoms with van der Waals surface area (Å²) in [5, 5.41) is 2.13. The fourth-order valence-corrected chi connectivity index (χ4v) is 1.64. The Labute approximate surface area is 113 Å². The Kier molecular flexibility index (Phi) is 4.05. The topological polar surface area (TPSA) is 55.1 Å². The molecule has 2 aromatic carbocycles. The molecule has 0 aliphatic rings. The Morgan fingerprint density at radius 2 is 1.65 bits per heavy atom. The van der Waals surface area contributed by atoms with Crippen molar-refractivity contribution in [2.45, 2.75) is 6.04 Å². The van der Waals surface area contributed by atoms with Gasteiger partial charge in [-0.2, -0.15) is 0 Å². The van der Waals surface area contributed by atoms with Gasteiger partial charge in [0, 0.05) is 0 Å². The molecule has 0 radical (unpaired) electrons. The molecule has 6 heteroatoms. The minimum atomic E-state index is -1.64. The molecule has 0 aromatic heterocycles. The Hall–Kier alpha value is -2.34. The molecule has 0 aliphatic carbocycles. The summed E-state index contributed by atoms with van der Waals surface area (Å²) in [6.07, 6.45) is 0. The fourth-order valence-electron chi connectivity index (χ4n) is 1.64. The number of halogens is 3. The van der Waals surface area contributed by atoms with Crippen LogP contribution in [0.4, 0.5) is 18.9 Å². The summed E-state index contributed by atoms with van der Waals surface area (Å²) < 4.78 is 39.2. The van der Waals surface area contributed by atoms with E-state index in [0.717, 1.165) is 12.1 Å². The number of nitrogens with two attached hydrogens (primary N) is 1. The molecule has 0 saturated heterocycles. The Balaban J connectivity index is 2.18. The van der Waals surface area contributed by atoms with Crippen LogP contribution in [-0.2, 0) is 4.79 Å². The van der Waals surface area contributed by atoms with Crippen molar-refractivity contribution in [2.24, 2.45) is 5.73 Å². The van der Waals surface area contributed by atoms with Crippen molar-refractivity contribution >= 4 is 11.6 Å². The highest BCUT2D eigenvalue weighted by Gasteiger charge is 2.19. The second kappa shape index (κ2) is 5.75. The normalized spacial score (nSPS) is 12.0. The van der Waals surface area contributed by atoms with E-state index in [4.69, 9.17) is 5.73 Å². The van der Waals surface area contributed by atoms with Gasteiger partial charge in [0.05, 0.1) is 5.69 Å². The van der Waals surface area contributed by atoms with Gasteiger partial charge in [-0.1, -0.05) is 30.3 Å². The number of benzene rings is 2. The van der Waals surface area contributed by atoms with Gasteiger partial charge in [-0.3, -0.25) is 4.79 Å². The number of amides is 1. The molecule has 0 fully saturated rings. The van der Waals surface area contributed by atoms with Crippen molar-refractivity contribution in [1.29, 1.82) is 0 Å². The predicted octanol–water partition coefficient (Wildman–Crippen LogP) is 2.74. The van der Waals surface area contributed by atoms with Crippen molar-refractivity contribution in [3.8, 4) is 0 Å². The minimum absolute atomic E-state index is 0.458. The Bertz CT molecular complexity index is 632. The highest BCUT2D eigenvalue weighted by atomic mass is 19.2. The molecule has 2 aromatic rings. The van der Waals surface area contributed by atoms with E-state index in [-0.39, 0.29) is 0 Å². The average Bonchev–Trinajstić information content (AvgIpc) is 2.48. The zero-order valence-electron chi connectivity index (χ0n) is 10.2. The number of carbonyl (C=O) groups is 1. The van der Waals surface area contributed by atoms with E-state index < -0.39 is 35.1 Å². The lowest BCUT2D eigenvalue weighted by Crippen LogP contribution is -2.28. The van der Waals surface area contributed by atoms with Gasteiger partial charge in [0.1, 0.15) is 6.04 Å². The lowest BCUT2D eigenvalue weighted by Gasteiger charge is -2.13. The molecule has 3 N–H and O–H groups in total. The van der Waals surface area contributed by atoms with Gasteiger partial charge in [-0.25, -0.2) is 13.2 Å². The molecule has 20 heavy (non-hydrogen) atoms. The van der Waals surface area contributed by atoms with Crippen LogP contribution in [0.15, 0.2) is 42.5 Å². The lowest BCUT2D eigenvalue weighted by molar-refractivity contribution is -0.117. The summed E-state index contributed by atoms with van der Waals surface area (Å²) in [6, 6.07) is 9.02. The van der Waals surface area contributed by atoms with Gasteiger partial charge in [0.25, 0.3) is 0 Å². The maximum Gasteiger partial charge on any atom is 0.245 e. The van der Waals surface area contributed by atoms with Crippen LogP contribution in [0, 0.1) is 17.5 Å². The molecule has 0 bridgehead atoms. The number of nitrogens with one attached hydrogen (secondary N) is 1. The molecular formula is C14H11F3N2O. The Morgan fingerprint density at radius 1 is 1.00 bits per heavy atom. The van der Waals surface area contributed by atoms with E-state index in [1.807, 2.05) is 0 Å². The summed E-state index contributed by atoms with van der Waals surface area (Å²) in [7, 11) is 0. The molecule has 0 spiro atoms. The van der Waals surface area contributed by atoms with Gasteiger partial charge in [-0.15, -0.1) is 0 Å². The first-order valence-corrected chi connectivity index (χ1v) is 5.75. The number of hydrogen-bond donors (Lipinski definition) is 2. The largest absolute Gasteiger partial charge is 0.322 e. The SMILES string of the molecule is NC(C(=O)Nc1ccc(F)c(F)c1F)c1ccccc1. The van der Waals surface area contributed by atoms with Crippen LogP contribution < -0.4 is 11.1 Å². The first-order valence-electron chi connectivity index (χ1n) is 5.75. The van der Waals surface area contributed by atoms with Crippen LogP contribution in [0.3, 0.4) is 0 Å². The molecule has 0 aliphatic heterocycles. The molecule has 1 amide bonds. The average molecular weight is 280 g/mol. The lowest BCUT2D eigenvalue weighted by atomic mass is 10.1. The number of rotatable bonds is 3. The number of hydrogen-bond acceptors (Lipinski definition) is 2. The van der Waals surface area contributed by atoms with Gasteiger partial charge < -0.3 is 11.1 Å². The zero-order valence-corrected chi connectivity index (χ0v) is 10.2. The third kappa shape index (κ3) is 2.80. The second-order valence-corrected chi connectivity index (χ2v) is 4.10. The number of carbonyl (C=O) groups excluding carboxylic acids is 1. The highest BCUT2D eigenvalue weighted by molar-refractivity contribution is 5.95. The summed E-state index contributed by atoms with van der Waals surface area (Å²) in [5.74, 6) is -5.15. The standard InChI is InChI=1S/C14H11F3N2O/c15-9-6-7-10(12(17)11(9)16)19-14(20)13(18)8-4-2-1-3-5-8/h1-7,13H,18H2,(H,19,20). The van der Waals surface area contributed by atoms with E-state index in [1.54, 1.807) is 30.3 Å². The smallest absolute Gasteiger partial charge is 0.245 e. The highest BCUT2D eigenvalue weighted by Crippen LogP contribution is 2.21. The summed E-state index contributed by atoms with van der Waals surface area (Å²) in [4.78, 5) is 11.8.